The Hall–Kier alpha value is -0.550. The summed E-state index contributed by atoms with van der Waals surface area (Å²) in [6, 6.07) is 4.69. The van der Waals surface area contributed by atoms with Gasteiger partial charge in [0.1, 0.15) is 10.6 Å². The van der Waals surface area contributed by atoms with E-state index in [4.69, 9.17) is 5.11 Å². The standard InChI is InChI=1S/C11H12BrFO2S/c1-11(2,10(14)15)16-6-7-3-4-9(13)8(12)5-7/h3-5H,6H2,1-2H3,(H,14,15). The fraction of sp³-hybridized carbons (Fsp3) is 0.364. The highest BCUT2D eigenvalue weighted by Crippen LogP contribution is 2.29. The van der Waals surface area contributed by atoms with Crippen LogP contribution in [0.4, 0.5) is 4.39 Å². The summed E-state index contributed by atoms with van der Waals surface area (Å²) in [6.07, 6.45) is 0. The van der Waals surface area contributed by atoms with Crippen LogP contribution in [-0.4, -0.2) is 15.8 Å². The molecule has 0 aromatic heterocycles. The molecule has 0 atom stereocenters. The first-order valence-electron chi connectivity index (χ1n) is 4.64. The molecular weight excluding hydrogens is 295 g/mol. The zero-order valence-electron chi connectivity index (χ0n) is 8.96. The maximum Gasteiger partial charge on any atom is 0.319 e. The normalized spacial score (nSPS) is 11.5. The van der Waals surface area contributed by atoms with Crippen LogP contribution in [0.5, 0.6) is 0 Å². The Morgan fingerprint density at radius 3 is 2.69 bits per heavy atom. The molecule has 0 amide bonds. The first kappa shape index (κ1) is 13.5. The van der Waals surface area contributed by atoms with Gasteiger partial charge in [-0.25, -0.2) is 4.39 Å². The molecule has 0 radical (unpaired) electrons. The van der Waals surface area contributed by atoms with Gasteiger partial charge in [-0.05, 0) is 47.5 Å². The number of thioether (sulfide) groups is 1. The topological polar surface area (TPSA) is 37.3 Å². The van der Waals surface area contributed by atoms with Crippen molar-refractivity contribution in [1.29, 1.82) is 0 Å². The summed E-state index contributed by atoms with van der Waals surface area (Å²) in [7, 11) is 0. The maximum absolute atomic E-state index is 13.0. The lowest BCUT2D eigenvalue weighted by atomic mass is 10.2. The molecule has 0 aliphatic rings. The van der Waals surface area contributed by atoms with Gasteiger partial charge in [-0.1, -0.05) is 6.07 Å². The summed E-state index contributed by atoms with van der Waals surface area (Å²) in [5.74, 6) is -0.622. The van der Waals surface area contributed by atoms with Crippen molar-refractivity contribution < 1.29 is 14.3 Å². The van der Waals surface area contributed by atoms with E-state index in [2.05, 4.69) is 15.9 Å². The van der Waals surface area contributed by atoms with Gasteiger partial charge in [0.15, 0.2) is 0 Å². The molecule has 0 spiro atoms. The van der Waals surface area contributed by atoms with Gasteiger partial charge in [-0.2, -0.15) is 0 Å². The summed E-state index contributed by atoms with van der Waals surface area (Å²) in [6.45, 7) is 3.30. The SMILES string of the molecule is CC(C)(SCc1ccc(F)c(Br)c1)C(=O)O. The highest BCUT2D eigenvalue weighted by Gasteiger charge is 2.27. The van der Waals surface area contributed by atoms with Gasteiger partial charge >= 0.3 is 5.97 Å². The van der Waals surface area contributed by atoms with Crippen molar-refractivity contribution >= 4 is 33.7 Å². The minimum atomic E-state index is -0.848. The fourth-order valence-corrected chi connectivity index (χ4v) is 2.21. The Morgan fingerprint density at radius 1 is 1.56 bits per heavy atom. The van der Waals surface area contributed by atoms with Gasteiger partial charge in [0, 0.05) is 5.75 Å². The molecule has 1 aromatic carbocycles. The van der Waals surface area contributed by atoms with Crippen molar-refractivity contribution in [3.05, 3.63) is 34.1 Å². The summed E-state index contributed by atoms with van der Waals surface area (Å²) >= 11 is 4.41. The van der Waals surface area contributed by atoms with Gasteiger partial charge in [0.2, 0.25) is 0 Å². The number of benzene rings is 1. The van der Waals surface area contributed by atoms with E-state index in [-0.39, 0.29) is 5.82 Å². The maximum atomic E-state index is 13.0. The summed E-state index contributed by atoms with van der Waals surface area (Å²) < 4.78 is 12.5. The zero-order valence-corrected chi connectivity index (χ0v) is 11.4. The lowest BCUT2D eigenvalue weighted by molar-refractivity contribution is -0.138. The van der Waals surface area contributed by atoms with Crippen LogP contribution in [0.15, 0.2) is 22.7 Å². The van der Waals surface area contributed by atoms with E-state index >= 15 is 0 Å². The van der Waals surface area contributed by atoms with E-state index in [0.717, 1.165) is 5.56 Å². The molecule has 88 valence electrons. The molecule has 1 N–H and O–H groups in total. The molecule has 2 nitrogen and oxygen atoms in total. The molecule has 0 aliphatic carbocycles. The highest BCUT2D eigenvalue weighted by molar-refractivity contribution is 9.10. The molecule has 1 rings (SSSR count). The Labute approximate surface area is 106 Å². The molecule has 5 heteroatoms. The van der Waals surface area contributed by atoms with Crippen LogP contribution >= 0.6 is 27.7 Å². The zero-order chi connectivity index (χ0) is 12.3. The van der Waals surface area contributed by atoms with Gasteiger partial charge in [0.25, 0.3) is 0 Å². The summed E-state index contributed by atoms with van der Waals surface area (Å²) in [5.41, 5.74) is 0.896. The van der Waals surface area contributed by atoms with E-state index in [1.54, 1.807) is 26.0 Å². The number of halogens is 2. The van der Waals surface area contributed by atoms with Crippen molar-refractivity contribution in [1.82, 2.24) is 0 Å². The lowest BCUT2D eigenvalue weighted by Crippen LogP contribution is -2.27. The summed E-state index contributed by atoms with van der Waals surface area (Å²) in [5, 5.41) is 8.93. The van der Waals surface area contributed by atoms with Crippen LogP contribution in [0.3, 0.4) is 0 Å². The van der Waals surface area contributed by atoms with Crippen LogP contribution in [-0.2, 0) is 10.5 Å². The van der Waals surface area contributed by atoms with E-state index in [0.29, 0.717) is 10.2 Å². The average Bonchev–Trinajstić information content (AvgIpc) is 2.20. The molecular formula is C11H12BrFO2S. The van der Waals surface area contributed by atoms with E-state index < -0.39 is 10.7 Å². The van der Waals surface area contributed by atoms with Crippen molar-refractivity contribution in [3.8, 4) is 0 Å². The second kappa shape index (κ2) is 5.19. The number of hydrogen-bond donors (Lipinski definition) is 1. The Morgan fingerprint density at radius 2 is 2.19 bits per heavy atom. The minimum Gasteiger partial charge on any atom is -0.480 e. The predicted molar refractivity (Wildman–Crippen MR) is 67.1 cm³/mol. The van der Waals surface area contributed by atoms with Gasteiger partial charge in [-0.15, -0.1) is 11.8 Å². The molecule has 0 heterocycles. The van der Waals surface area contributed by atoms with Crippen molar-refractivity contribution in [3.63, 3.8) is 0 Å². The second-order valence-corrected chi connectivity index (χ2v) is 6.30. The minimum absolute atomic E-state index is 0.314. The summed E-state index contributed by atoms with van der Waals surface area (Å²) in [4.78, 5) is 10.9. The number of carboxylic acid groups (broad SMARTS) is 1. The average molecular weight is 307 g/mol. The Balaban J connectivity index is 2.68. The van der Waals surface area contributed by atoms with Gasteiger partial charge in [0.05, 0.1) is 4.47 Å². The number of rotatable bonds is 4. The van der Waals surface area contributed by atoms with Crippen LogP contribution in [0.1, 0.15) is 19.4 Å². The van der Waals surface area contributed by atoms with Crippen LogP contribution in [0.25, 0.3) is 0 Å². The molecule has 0 saturated heterocycles. The molecule has 16 heavy (non-hydrogen) atoms. The van der Waals surface area contributed by atoms with Crippen molar-refractivity contribution in [2.24, 2.45) is 0 Å². The van der Waals surface area contributed by atoms with Crippen LogP contribution in [0.2, 0.25) is 0 Å². The van der Waals surface area contributed by atoms with Crippen molar-refractivity contribution in [2.75, 3.05) is 0 Å². The third-order valence-corrected chi connectivity index (χ3v) is 4.08. The van der Waals surface area contributed by atoms with E-state index in [9.17, 15) is 9.18 Å². The first-order chi connectivity index (χ1) is 7.33. The van der Waals surface area contributed by atoms with Crippen LogP contribution in [0, 0.1) is 5.82 Å². The lowest BCUT2D eigenvalue weighted by Gasteiger charge is -2.18. The van der Waals surface area contributed by atoms with Gasteiger partial charge in [-0.3, -0.25) is 4.79 Å². The molecule has 0 fully saturated rings. The monoisotopic (exact) mass is 306 g/mol. The fourth-order valence-electron chi connectivity index (χ4n) is 0.955. The first-order valence-corrected chi connectivity index (χ1v) is 6.42. The van der Waals surface area contributed by atoms with Gasteiger partial charge < -0.3 is 5.11 Å². The molecule has 0 aliphatic heterocycles. The molecule has 1 aromatic rings. The predicted octanol–water partition coefficient (Wildman–Crippen LogP) is 3.68. The second-order valence-electron chi connectivity index (χ2n) is 3.85. The molecule has 0 saturated carbocycles. The quantitative estimate of drug-likeness (QED) is 0.922. The third kappa shape index (κ3) is 3.49. The molecule has 0 bridgehead atoms. The largest absolute Gasteiger partial charge is 0.480 e. The van der Waals surface area contributed by atoms with Crippen LogP contribution < -0.4 is 0 Å². The van der Waals surface area contributed by atoms with E-state index in [1.165, 1.54) is 17.8 Å². The highest BCUT2D eigenvalue weighted by atomic mass is 79.9. The number of hydrogen-bond acceptors (Lipinski definition) is 2. The number of aliphatic carboxylic acids is 1. The Bertz CT molecular complexity index is 407. The molecule has 0 unspecified atom stereocenters. The Kier molecular flexibility index (Phi) is 4.38. The third-order valence-electron chi connectivity index (χ3n) is 2.10. The number of carboxylic acids is 1. The van der Waals surface area contributed by atoms with E-state index in [1.807, 2.05) is 0 Å². The number of carbonyl (C=O) groups is 1. The smallest absolute Gasteiger partial charge is 0.319 e. The van der Waals surface area contributed by atoms with Crippen molar-refractivity contribution in [2.45, 2.75) is 24.3 Å².